The standard InChI is InChI=1S/C13H12BrN3O3/c1-8-2-3-9(14)4-11(8)13(20)16-10-5-15-17(6-10)7-12(18)19/h2-6H,7H2,1H3,(H,16,20)(H,18,19). The van der Waals surface area contributed by atoms with Crippen molar-refractivity contribution in [2.75, 3.05) is 5.32 Å². The van der Waals surface area contributed by atoms with Gasteiger partial charge in [-0.05, 0) is 24.6 Å². The molecule has 7 heteroatoms. The number of nitrogens with zero attached hydrogens (tertiary/aromatic N) is 2. The first kappa shape index (κ1) is 14.3. The first-order chi connectivity index (χ1) is 9.45. The largest absolute Gasteiger partial charge is 0.480 e. The van der Waals surface area contributed by atoms with Gasteiger partial charge in [0.05, 0.1) is 11.9 Å². The zero-order valence-corrected chi connectivity index (χ0v) is 12.2. The molecule has 0 aliphatic carbocycles. The van der Waals surface area contributed by atoms with Gasteiger partial charge in [0.25, 0.3) is 5.91 Å². The van der Waals surface area contributed by atoms with Crippen LogP contribution >= 0.6 is 15.9 Å². The third kappa shape index (κ3) is 3.45. The SMILES string of the molecule is Cc1ccc(Br)cc1C(=O)Nc1cnn(CC(=O)O)c1. The van der Waals surface area contributed by atoms with Crippen LogP contribution in [0.25, 0.3) is 0 Å². The van der Waals surface area contributed by atoms with E-state index in [9.17, 15) is 9.59 Å². The van der Waals surface area contributed by atoms with E-state index in [2.05, 4.69) is 26.3 Å². The Hall–Kier alpha value is -2.15. The van der Waals surface area contributed by atoms with Gasteiger partial charge in [-0.25, -0.2) is 0 Å². The summed E-state index contributed by atoms with van der Waals surface area (Å²) in [6, 6.07) is 5.43. The Morgan fingerprint density at radius 1 is 1.45 bits per heavy atom. The molecule has 0 saturated carbocycles. The minimum absolute atomic E-state index is 0.244. The fourth-order valence-corrected chi connectivity index (χ4v) is 2.05. The zero-order chi connectivity index (χ0) is 14.7. The van der Waals surface area contributed by atoms with Gasteiger partial charge < -0.3 is 10.4 Å². The molecule has 2 N–H and O–H groups in total. The van der Waals surface area contributed by atoms with Gasteiger partial charge in [-0.1, -0.05) is 22.0 Å². The minimum atomic E-state index is -0.992. The lowest BCUT2D eigenvalue weighted by molar-refractivity contribution is -0.137. The van der Waals surface area contributed by atoms with Gasteiger partial charge >= 0.3 is 5.97 Å². The van der Waals surface area contributed by atoms with Crippen molar-refractivity contribution >= 4 is 33.5 Å². The van der Waals surface area contributed by atoms with E-state index in [1.807, 2.05) is 19.1 Å². The number of carboxylic acid groups (broad SMARTS) is 1. The molecule has 6 nitrogen and oxygen atoms in total. The van der Waals surface area contributed by atoms with Crippen molar-refractivity contribution in [1.29, 1.82) is 0 Å². The van der Waals surface area contributed by atoms with E-state index in [1.54, 1.807) is 6.07 Å². The molecule has 0 unspecified atom stereocenters. The lowest BCUT2D eigenvalue weighted by atomic mass is 10.1. The van der Waals surface area contributed by atoms with Crippen molar-refractivity contribution in [3.8, 4) is 0 Å². The molecule has 104 valence electrons. The minimum Gasteiger partial charge on any atom is -0.480 e. The highest BCUT2D eigenvalue weighted by Gasteiger charge is 2.11. The lowest BCUT2D eigenvalue weighted by Crippen LogP contribution is -2.13. The molecule has 20 heavy (non-hydrogen) atoms. The third-order valence-electron chi connectivity index (χ3n) is 2.63. The molecule has 0 radical (unpaired) electrons. The van der Waals surface area contributed by atoms with Crippen LogP contribution in [0.3, 0.4) is 0 Å². The first-order valence-corrected chi connectivity index (χ1v) is 6.57. The number of halogens is 1. The molecule has 1 amide bonds. The first-order valence-electron chi connectivity index (χ1n) is 5.77. The van der Waals surface area contributed by atoms with Crippen molar-refractivity contribution < 1.29 is 14.7 Å². The lowest BCUT2D eigenvalue weighted by Gasteiger charge is -2.06. The Balaban J connectivity index is 2.13. The molecule has 2 rings (SSSR count). The van der Waals surface area contributed by atoms with E-state index in [0.29, 0.717) is 11.3 Å². The summed E-state index contributed by atoms with van der Waals surface area (Å²) in [4.78, 5) is 22.7. The highest BCUT2D eigenvalue weighted by Crippen LogP contribution is 2.17. The molecule has 0 aliphatic rings. The van der Waals surface area contributed by atoms with E-state index in [-0.39, 0.29) is 12.5 Å². The Morgan fingerprint density at radius 2 is 2.20 bits per heavy atom. The van der Waals surface area contributed by atoms with Crippen molar-refractivity contribution in [3.05, 3.63) is 46.2 Å². The number of anilines is 1. The van der Waals surface area contributed by atoms with E-state index in [1.165, 1.54) is 17.1 Å². The van der Waals surface area contributed by atoms with Crippen LogP contribution in [-0.2, 0) is 11.3 Å². The fraction of sp³-hybridized carbons (Fsp3) is 0.154. The third-order valence-corrected chi connectivity index (χ3v) is 3.13. The number of hydrogen-bond acceptors (Lipinski definition) is 3. The summed E-state index contributed by atoms with van der Waals surface area (Å²) in [5, 5.41) is 15.2. The molecule has 2 aromatic rings. The Kier molecular flexibility index (Phi) is 4.19. The molecule has 1 aromatic carbocycles. The molecule has 0 saturated heterocycles. The van der Waals surface area contributed by atoms with Crippen molar-refractivity contribution in [1.82, 2.24) is 9.78 Å². The van der Waals surface area contributed by atoms with Crippen molar-refractivity contribution in [2.24, 2.45) is 0 Å². The maximum atomic E-state index is 12.1. The van der Waals surface area contributed by atoms with Crippen molar-refractivity contribution in [3.63, 3.8) is 0 Å². The Labute approximate surface area is 123 Å². The number of aliphatic carboxylic acids is 1. The molecule has 0 aliphatic heterocycles. The predicted molar refractivity (Wildman–Crippen MR) is 76.7 cm³/mol. The van der Waals surface area contributed by atoms with Gasteiger partial charge in [0.15, 0.2) is 0 Å². The van der Waals surface area contributed by atoms with E-state index in [0.717, 1.165) is 10.0 Å². The molecule has 1 heterocycles. The molecule has 0 bridgehead atoms. The van der Waals surface area contributed by atoms with Crippen LogP contribution in [0, 0.1) is 6.92 Å². The average molecular weight is 338 g/mol. The summed E-state index contributed by atoms with van der Waals surface area (Å²) in [7, 11) is 0. The second-order valence-electron chi connectivity index (χ2n) is 4.23. The van der Waals surface area contributed by atoms with Crippen LogP contribution in [0.5, 0.6) is 0 Å². The number of amides is 1. The van der Waals surface area contributed by atoms with Gasteiger partial charge in [0.2, 0.25) is 0 Å². The van der Waals surface area contributed by atoms with E-state index < -0.39 is 5.97 Å². The van der Waals surface area contributed by atoms with Gasteiger partial charge in [-0.3, -0.25) is 14.3 Å². The monoisotopic (exact) mass is 337 g/mol. The second-order valence-corrected chi connectivity index (χ2v) is 5.15. The number of carbonyl (C=O) groups excluding carboxylic acids is 1. The molecular weight excluding hydrogens is 326 g/mol. The maximum Gasteiger partial charge on any atom is 0.325 e. The highest BCUT2D eigenvalue weighted by atomic mass is 79.9. The smallest absolute Gasteiger partial charge is 0.325 e. The van der Waals surface area contributed by atoms with Crippen LogP contribution in [0.4, 0.5) is 5.69 Å². The number of rotatable bonds is 4. The Morgan fingerprint density at radius 3 is 2.90 bits per heavy atom. The zero-order valence-electron chi connectivity index (χ0n) is 10.6. The van der Waals surface area contributed by atoms with Crippen LogP contribution in [-0.4, -0.2) is 26.8 Å². The number of carboxylic acids is 1. The van der Waals surface area contributed by atoms with Gasteiger partial charge in [-0.15, -0.1) is 0 Å². The summed E-state index contributed by atoms with van der Waals surface area (Å²) in [6.07, 6.45) is 2.88. The molecular formula is C13H12BrN3O3. The molecule has 0 spiro atoms. The number of aryl methyl sites for hydroxylation is 1. The van der Waals surface area contributed by atoms with E-state index in [4.69, 9.17) is 5.11 Å². The van der Waals surface area contributed by atoms with Crippen LogP contribution in [0.1, 0.15) is 15.9 Å². The predicted octanol–water partition coefficient (Wildman–Crippen LogP) is 2.29. The number of benzene rings is 1. The Bertz CT molecular complexity index is 667. The normalized spacial score (nSPS) is 10.3. The van der Waals surface area contributed by atoms with Gasteiger partial charge in [-0.2, -0.15) is 5.10 Å². The molecule has 0 atom stereocenters. The summed E-state index contributed by atoms with van der Waals surface area (Å²) < 4.78 is 2.06. The number of nitrogens with one attached hydrogen (secondary N) is 1. The number of carbonyl (C=O) groups is 2. The van der Waals surface area contributed by atoms with E-state index >= 15 is 0 Å². The van der Waals surface area contributed by atoms with Gasteiger partial charge in [0, 0.05) is 16.2 Å². The summed E-state index contributed by atoms with van der Waals surface area (Å²) in [5.41, 5.74) is 1.85. The maximum absolute atomic E-state index is 12.1. The van der Waals surface area contributed by atoms with Crippen LogP contribution < -0.4 is 5.32 Å². The summed E-state index contributed by atoms with van der Waals surface area (Å²) in [6.45, 7) is 1.60. The topological polar surface area (TPSA) is 84.2 Å². The number of hydrogen-bond donors (Lipinski definition) is 2. The van der Waals surface area contributed by atoms with Gasteiger partial charge in [0.1, 0.15) is 6.54 Å². The van der Waals surface area contributed by atoms with Crippen molar-refractivity contribution in [2.45, 2.75) is 13.5 Å². The molecule has 0 fully saturated rings. The molecule has 1 aromatic heterocycles. The highest BCUT2D eigenvalue weighted by molar-refractivity contribution is 9.10. The average Bonchev–Trinajstić information content (AvgIpc) is 2.78. The number of aromatic nitrogens is 2. The quantitative estimate of drug-likeness (QED) is 0.896. The van der Waals surface area contributed by atoms with Crippen LogP contribution in [0.2, 0.25) is 0 Å². The summed E-state index contributed by atoms with van der Waals surface area (Å²) >= 11 is 3.32. The second kappa shape index (κ2) is 5.87. The summed E-state index contributed by atoms with van der Waals surface area (Å²) in [5.74, 6) is -1.26. The van der Waals surface area contributed by atoms with Crippen LogP contribution in [0.15, 0.2) is 35.1 Å². The fourth-order valence-electron chi connectivity index (χ4n) is 1.69.